The zero-order valence-corrected chi connectivity index (χ0v) is 31.2. The molecular formula is C38H58F3N3O5. The summed E-state index contributed by atoms with van der Waals surface area (Å²) in [6, 6.07) is 7.64. The number of Topliss-reactive ketones (excluding diaryl/α,β-unsaturated/α-hetero) is 1. The van der Waals surface area contributed by atoms with Crippen LogP contribution >= 0.6 is 0 Å². The Morgan fingerprint density at radius 1 is 1.12 bits per heavy atom. The first kappa shape index (κ1) is 41.9. The molecular weight excluding hydrogens is 635 g/mol. The number of rotatable bonds is 12. The SMILES string of the molecule is C=C(Oc1[nH]c2c(c1C)C(C)(C)CN(C(OC)c1ccc(OCCN3CCOCC3)cc1)C=C2C(C)=O)C(F)(F)F.CC.CCCC(C)C. The number of allylic oxidation sites excluding steroid dienone is 2. The predicted molar refractivity (Wildman–Crippen MR) is 190 cm³/mol. The summed E-state index contributed by atoms with van der Waals surface area (Å²) in [6.07, 6.45) is -0.835. The van der Waals surface area contributed by atoms with Gasteiger partial charge in [-0.05, 0) is 37.5 Å². The van der Waals surface area contributed by atoms with Crippen LogP contribution in [0.25, 0.3) is 5.57 Å². The van der Waals surface area contributed by atoms with Gasteiger partial charge in [-0.15, -0.1) is 0 Å². The Morgan fingerprint density at radius 3 is 2.22 bits per heavy atom. The van der Waals surface area contributed by atoms with E-state index in [4.69, 9.17) is 18.9 Å². The zero-order chi connectivity index (χ0) is 36.9. The minimum atomic E-state index is -4.71. The van der Waals surface area contributed by atoms with Crippen LogP contribution in [0.15, 0.2) is 42.8 Å². The lowest BCUT2D eigenvalue weighted by Gasteiger charge is -2.36. The molecule has 0 saturated carbocycles. The van der Waals surface area contributed by atoms with Crippen molar-refractivity contribution in [1.29, 1.82) is 0 Å². The summed E-state index contributed by atoms with van der Waals surface area (Å²) in [5, 5.41) is 0. The Bertz CT molecular complexity index is 1360. The Balaban J connectivity index is 0.000000940. The van der Waals surface area contributed by atoms with Gasteiger partial charge in [-0.3, -0.25) is 9.69 Å². The van der Waals surface area contributed by atoms with E-state index in [1.807, 2.05) is 56.9 Å². The smallest absolute Gasteiger partial charge is 0.448 e. The van der Waals surface area contributed by atoms with Gasteiger partial charge in [-0.25, -0.2) is 0 Å². The van der Waals surface area contributed by atoms with Crippen molar-refractivity contribution >= 4 is 11.4 Å². The minimum absolute atomic E-state index is 0.0847. The van der Waals surface area contributed by atoms with Crippen molar-refractivity contribution in [3.8, 4) is 11.6 Å². The fourth-order valence-electron chi connectivity index (χ4n) is 6.02. The fraction of sp³-hybridized carbons (Fsp3) is 0.605. The van der Waals surface area contributed by atoms with Crippen LogP contribution in [-0.4, -0.2) is 79.9 Å². The number of methoxy groups -OCH3 is 1. The Hall–Kier alpha value is -3.28. The van der Waals surface area contributed by atoms with Gasteiger partial charge in [0.2, 0.25) is 11.6 Å². The number of fused-ring (bicyclic) bond motifs is 1. The third kappa shape index (κ3) is 11.9. The van der Waals surface area contributed by atoms with Gasteiger partial charge < -0.3 is 28.8 Å². The van der Waals surface area contributed by atoms with E-state index in [1.54, 1.807) is 20.2 Å². The molecule has 0 bridgehead atoms. The van der Waals surface area contributed by atoms with E-state index in [2.05, 4.69) is 37.2 Å². The second-order valence-corrected chi connectivity index (χ2v) is 13.1. The number of nitrogens with one attached hydrogen (secondary N) is 1. The highest BCUT2D eigenvalue weighted by molar-refractivity contribution is 6.19. The van der Waals surface area contributed by atoms with Crippen molar-refractivity contribution in [2.24, 2.45) is 5.92 Å². The average Bonchev–Trinajstić information content (AvgIpc) is 3.31. The number of alkyl halides is 3. The van der Waals surface area contributed by atoms with Gasteiger partial charge in [-0.2, -0.15) is 13.2 Å². The molecule has 2 aromatic rings. The number of halogens is 3. The number of H-pyrrole nitrogens is 1. The van der Waals surface area contributed by atoms with E-state index in [-0.39, 0.29) is 11.7 Å². The molecule has 1 atom stereocenters. The average molecular weight is 694 g/mol. The van der Waals surface area contributed by atoms with Gasteiger partial charge in [0.15, 0.2) is 12.0 Å². The second kappa shape index (κ2) is 19.2. The molecule has 4 rings (SSSR count). The first-order valence-electron chi connectivity index (χ1n) is 17.3. The van der Waals surface area contributed by atoms with Crippen LogP contribution in [0.3, 0.4) is 0 Å². The highest BCUT2D eigenvalue weighted by Gasteiger charge is 2.40. The van der Waals surface area contributed by atoms with Crippen molar-refractivity contribution in [3.63, 3.8) is 0 Å². The number of carbonyl (C=O) groups excluding carboxylic acids is 1. The summed E-state index contributed by atoms with van der Waals surface area (Å²) in [5.41, 5.74) is 2.17. The fourth-order valence-corrected chi connectivity index (χ4v) is 6.02. The normalized spacial score (nSPS) is 16.6. The zero-order valence-electron chi connectivity index (χ0n) is 31.2. The lowest BCUT2D eigenvalue weighted by molar-refractivity contribution is -0.116. The molecule has 1 fully saturated rings. The van der Waals surface area contributed by atoms with Gasteiger partial charge in [-0.1, -0.05) is 80.0 Å². The molecule has 276 valence electrons. The van der Waals surface area contributed by atoms with Gasteiger partial charge in [0.1, 0.15) is 12.4 Å². The molecule has 8 nitrogen and oxygen atoms in total. The molecule has 1 saturated heterocycles. The second-order valence-electron chi connectivity index (χ2n) is 13.1. The monoisotopic (exact) mass is 693 g/mol. The Morgan fingerprint density at radius 2 is 1.73 bits per heavy atom. The highest BCUT2D eigenvalue weighted by atomic mass is 19.4. The standard InChI is InChI=1S/C30H38F3N3O5.C6H14.C2H6/c1-19-25-26(34-27(19)41-21(3)30(31,32)33)24(20(2)37)17-36(18-29(25,4)5)28(38-6)22-7-9-23(10-8-22)40-16-13-35-11-14-39-15-12-35;1-4-5-6(2)3;1-2/h7-10,17,28,34H,3,11-16,18H2,1-2,4-6H3;6H,4-5H2,1-3H3;1-2H3. The minimum Gasteiger partial charge on any atom is -0.492 e. The van der Waals surface area contributed by atoms with Crippen LogP contribution in [0.5, 0.6) is 11.6 Å². The van der Waals surface area contributed by atoms with E-state index >= 15 is 0 Å². The Labute approximate surface area is 291 Å². The molecule has 1 unspecified atom stereocenters. The number of benzene rings is 1. The summed E-state index contributed by atoms with van der Waals surface area (Å²) in [7, 11) is 1.59. The summed E-state index contributed by atoms with van der Waals surface area (Å²) < 4.78 is 61.7. The predicted octanol–water partition coefficient (Wildman–Crippen LogP) is 8.83. The van der Waals surface area contributed by atoms with E-state index in [9.17, 15) is 18.0 Å². The molecule has 11 heteroatoms. The Kier molecular flexibility index (Phi) is 16.4. The molecule has 0 amide bonds. The van der Waals surface area contributed by atoms with E-state index in [0.717, 1.165) is 50.1 Å². The number of ether oxygens (including phenoxy) is 4. The van der Waals surface area contributed by atoms with Crippen molar-refractivity contribution in [2.75, 3.05) is 53.1 Å². The quantitative estimate of drug-likeness (QED) is 0.223. The number of hydrogen-bond acceptors (Lipinski definition) is 7. The lowest BCUT2D eigenvalue weighted by Crippen LogP contribution is -2.38. The third-order valence-corrected chi connectivity index (χ3v) is 8.28. The van der Waals surface area contributed by atoms with Gasteiger partial charge >= 0.3 is 6.18 Å². The third-order valence-electron chi connectivity index (χ3n) is 8.28. The molecule has 2 aliphatic rings. The van der Waals surface area contributed by atoms with E-state index in [1.165, 1.54) is 19.8 Å². The number of hydrogen-bond donors (Lipinski definition) is 1. The van der Waals surface area contributed by atoms with E-state index in [0.29, 0.717) is 35.5 Å². The summed E-state index contributed by atoms with van der Waals surface area (Å²) in [6.45, 7) is 25.9. The van der Waals surface area contributed by atoms with E-state index < -0.39 is 23.6 Å². The van der Waals surface area contributed by atoms with Gasteiger partial charge in [0.25, 0.3) is 0 Å². The number of aromatic amines is 1. The lowest BCUT2D eigenvalue weighted by atomic mass is 9.81. The molecule has 0 radical (unpaired) electrons. The molecule has 3 heterocycles. The molecule has 0 aliphatic carbocycles. The summed E-state index contributed by atoms with van der Waals surface area (Å²) in [5.74, 6) is -0.0341. The summed E-state index contributed by atoms with van der Waals surface area (Å²) in [4.78, 5) is 20.0. The van der Waals surface area contributed by atoms with Crippen LogP contribution in [0.2, 0.25) is 0 Å². The first-order chi connectivity index (χ1) is 23.1. The molecule has 1 N–H and O–H groups in total. The largest absolute Gasteiger partial charge is 0.492 e. The molecule has 0 spiro atoms. The van der Waals surface area contributed by atoms with Crippen molar-refractivity contribution in [3.05, 3.63) is 65.2 Å². The van der Waals surface area contributed by atoms with Crippen molar-refractivity contribution in [2.45, 2.75) is 93.0 Å². The molecule has 1 aromatic carbocycles. The molecule has 2 aliphatic heterocycles. The maximum absolute atomic E-state index is 13.1. The van der Waals surface area contributed by atoms with Crippen molar-refractivity contribution < 1.29 is 36.9 Å². The first-order valence-corrected chi connectivity index (χ1v) is 17.3. The van der Waals surface area contributed by atoms with Crippen LogP contribution in [0.4, 0.5) is 13.2 Å². The van der Waals surface area contributed by atoms with Crippen LogP contribution in [0, 0.1) is 12.8 Å². The maximum atomic E-state index is 13.1. The van der Waals surface area contributed by atoms with Gasteiger partial charge in [0.05, 0.1) is 24.5 Å². The highest BCUT2D eigenvalue weighted by Crippen LogP contribution is 2.43. The van der Waals surface area contributed by atoms with Gasteiger partial charge in [0, 0.05) is 56.0 Å². The number of aromatic nitrogens is 1. The van der Waals surface area contributed by atoms with Crippen LogP contribution < -0.4 is 9.47 Å². The summed E-state index contributed by atoms with van der Waals surface area (Å²) >= 11 is 0. The number of ketones is 1. The van der Waals surface area contributed by atoms with Crippen molar-refractivity contribution in [1.82, 2.24) is 14.8 Å². The topological polar surface area (TPSA) is 76.3 Å². The number of carbonyl (C=O) groups is 1. The number of morpholine rings is 1. The van der Waals surface area contributed by atoms with Crippen LogP contribution in [0.1, 0.15) is 96.8 Å². The maximum Gasteiger partial charge on any atom is 0.448 e. The number of nitrogens with zero attached hydrogens (tertiary/aromatic N) is 2. The molecule has 49 heavy (non-hydrogen) atoms. The molecule has 1 aromatic heterocycles. The van der Waals surface area contributed by atoms with Crippen LogP contribution in [-0.2, 0) is 19.7 Å².